The van der Waals surface area contributed by atoms with Crippen molar-refractivity contribution in [3.05, 3.63) is 29.8 Å². The van der Waals surface area contributed by atoms with Crippen molar-refractivity contribution in [3.8, 4) is 5.75 Å². The van der Waals surface area contributed by atoms with Crippen LogP contribution in [0, 0.1) is 0 Å². The van der Waals surface area contributed by atoms with E-state index in [1.54, 1.807) is 6.92 Å². The zero-order valence-corrected chi connectivity index (χ0v) is 11.4. The number of carbonyl (C=O) groups is 1. The van der Waals surface area contributed by atoms with E-state index in [-0.39, 0.29) is 17.7 Å². The summed E-state index contributed by atoms with van der Waals surface area (Å²) in [5.74, 6) is -0.487. The number of alkyl halides is 3. The molecule has 0 aromatic heterocycles. The van der Waals surface area contributed by atoms with Gasteiger partial charge in [0.05, 0.1) is 6.04 Å². The monoisotopic (exact) mass is 303 g/mol. The molecule has 0 spiro atoms. The molecule has 1 heterocycles. The largest absolute Gasteiger partial charge is 0.573 e. The normalized spacial score (nSPS) is 20.1. The molecule has 1 aliphatic heterocycles. The van der Waals surface area contributed by atoms with Crippen molar-refractivity contribution < 1.29 is 27.4 Å². The Balaban J connectivity index is 1.93. The van der Waals surface area contributed by atoms with E-state index in [9.17, 15) is 18.0 Å². The van der Waals surface area contributed by atoms with E-state index in [1.165, 1.54) is 24.3 Å². The standard InChI is InChI=1S/C14H16F3NO3/c1-9(18-13(19)12-3-2-8-20-12)10-4-6-11(7-5-10)21-14(15,16)17/h4-7,9,12H,2-3,8H2,1H3,(H,18,19)/t9-,12+/m1/s1. The van der Waals surface area contributed by atoms with Gasteiger partial charge in [0, 0.05) is 6.61 Å². The first-order chi connectivity index (χ1) is 9.85. The molecule has 1 aliphatic rings. The van der Waals surface area contributed by atoms with Gasteiger partial charge in [-0.25, -0.2) is 0 Å². The van der Waals surface area contributed by atoms with Crippen molar-refractivity contribution in [3.63, 3.8) is 0 Å². The van der Waals surface area contributed by atoms with Crippen LogP contribution in [0.5, 0.6) is 5.75 Å². The van der Waals surface area contributed by atoms with Gasteiger partial charge in [-0.2, -0.15) is 0 Å². The Bertz CT molecular complexity index is 481. The molecule has 1 amide bonds. The second kappa shape index (κ2) is 6.34. The Morgan fingerprint density at radius 2 is 2.05 bits per heavy atom. The molecule has 0 bridgehead atoms. The highest BCUT2D eigenvalue weighted by Crippen LogP contribution is 2.24. The predicted molar refractivity (Wildman–Crippen MR) is 68.7 cm³/mol. The summed E-state index contributed by atoms with van der Waals surface area (Å²) < 4.78 is 45.2. The lowest BCUT2D eigenvalue weighted by Gasteiger charge is -2.17. The van der Waals surface area contributed by atoms with Crippen molar-refractivity contribution in [1.29, 1.82) is 0 Å². The van der Waals surface area contributed by atoms with Crippen molar-refractivity contribution in [2.24, 2.45) is 0 Å². The molecule has 0 aliphatic carbocycles. The van der Waals surface area contributed by atoms with Crippen LogP contribution in [0.2, 0.25) is 0 Å². The van der Waals surface area contributed by atoms with Gasteiger partial charge in [0.1, 0.15) is 11.9 Å². The molecule has 0 unspecified atom stereocenters. The third-order valence-electron chi connectivity index (χ3n) is 3.19. The van der Waals surface area contributed by atoms with E-state index in [2.05, 4.69) is 10.1 Å². The summed E-state index contributed by atoms with van der Waals surface area (Å²) in [7, 11) is 0. The highest BCUT2D eigenvalue weighted by molar-refractivity contribution is 5.81. The Morgan fingerprint density at radius 1 is 1.38 bits per heavy atom. The van der Waals surface area contributed by atoms with Crippen LogP contribution in [-0.4, -0.2) is 25.0 Å². The molecule has 4 nitrogen and oxygen atoms in total. The lowest BCUT2D eigenvalue weighted by molar-refractivity contribution is -0.274. The number of hydrogen-bond donors (Lipinski definition) is 1. The van der Waals surface area contributed by atoms with Gasteiger partial charge in [-0.05, 0) is 37.5 Å². The Kier molecular flexibility index (Phi) is 4.72. The fourth-order valence-electron chi connectivity index (χ4n) is 2.13. The van der Waals surface area contributed by atoms with E-state index >= 15 is 0 Å². The summed E-state index contributed by atoms with van der Waals surface area (Å²) >= 11 is 0. The maximum atomic E-state index is 12.1. The highest BCUT2D eigenvalue weighted by Gasteiger charge is 2.31. The summed E-state index contributed by atoms with van der Waals surface area (Å²) in [5.41, 5.74) is 0.691. The first kappa shape index (κ1) is 15.6. The number of rotatable bonds is 4. The van der Waals surface area contributed by atoms with E-state index in [4.69, 9.17) is 4.74 Å². The van der Waals surface area contributed by atoms with Crippen LogP contribution >= 0.6 is 0 Å². The molecule has 21 heavy (non-hydrogen) atoms. The minimum Gasteiger partial charge on any atom is -0.406 e. The van der Waals surface area contributed by atoms with Crippen molar-refractivity contribution in [2.45, 2.75) is 38.3 Å². The van der Waals surface area contributed by atoms with Crippen LogP contribution in [0.25, 0.3) is 0 Å². The maximum Gasteiger partial charge on any atom is 0.573 e. The maximum absolute atomic E-state index is 12.1. The van der Waals surface area contributed by atoms with Gasteiger partial charge in [0.2, 0.25) is 5.91 Å². The van der Waals surface area contributed by atoms with Crippen LogP contribution in [-0.2, 0) is 9.53 Å². The first-order valence-electron chi connectivity index (χ1n) is 6.63. The van der Waals surface area contributed by atoms with Crippen molar-refractivity contribution in [1.82, 2.24) is 5.32 Å². The summed E-state index contributed by atoms with van der Waals surface area (Å²) in [5, 5.41) is 2.78. The van der Waals surface area contributed by atoms with Crippen LogP contribution < -0.4 is 10.1 Å². The number of ether oxygens (including phenoxy) is 2. The Labute approximate surface area is 120 Å². The topological polar surface area (TPSA) is 47.6 Å². The smallest absolute Gasteiger partial charge is 0.406 e. The first-order valence-corrected chi connectivity index (χ1v) is 6.63. The molecule has 1 N–H and O–H groups in total. The molecular formula is C14H16F3NO3. The van der Waals surface area contributed by atoms with Gasteiger partial charge in [-0.1, -0.05) is 12.1 Å². The summed E-state index contributed by atoms with van der Waals surface area (Å²) in [6, 6.07) is 5.10. The third-order valence-corrected chi connectivity index (χ3v) is 3.19. The number of benzene rings is 1. The highest BCUT2D eigenvalue weighted by atomic mass is 19.4. The number of halogens is 3. The minimum absolute atomic E-state index is 0.199. The van der Waals surface area contributed by atoms with Gasteiger partial charge < -0.3 is 14.8 Å². The molecule has 1 fully saturated rings. The average Bonchev–Trinajstić information content (AvgIpc) is 2.91. The number of amides is 1. The van der Waals surface area contributed by atoms with Crippen molar-refractivity contribution in [2.75, 3.05) is 6.61 Å². The lowest BCUT2D eigenvalue weighted by Crippen LogP contribution is -2.35. The Morgan fingerprint density at radius 3 is 2.57 bits per heavy atom. The van der Waals surface area contributed by atoms with Gasteiger partial charge in [0.15, 0.2) is 0 Å². The second-order valence-corrected chi connectivity index (χ2v) is 4.85. The van der Waals surface area contributed by atoms with Crippen LogP contribution in [0.4, 0.5) is 13.2 Å². The van der Waals surface area contributed by atoms with Gasteiger partial charge in [-0.15, -0.1) is 13.2 Å². The van der Waals surface area contributed by atoms with Gasteiger partial charge in [0.25, 0.3) is 0 Å². The fourth-order valence-corrected chi connectivity index (χ4v) is 2.13. The van der Waals surface area contributed by atoms with Gasteiger partial charge in [-0.3, -0.25) is 4.79 Å². The van der Waals surface area contributed by atoms with E-state index in [0.717, 1.165) is 6.42 Å². The zero-order chi connectivity index (χ0) is 15.5. The second-order valence-electron chi connectivity index (χ2n) is 4.85. The zero-order valence-electron chi connectivity index (χ0n) is 11.4. The van der Waals surface area contributed by atoms with Gasteiger partial charge >= 0.3 is 6.36 Å². The molecule has 0 saturated carbocycles. The fraction of sp³-hybridized carbons (Fsp3) is 0.500. The van der Waals surface area contributed by atoms with E-state index in [1.807, 2.05) is 0 Å². The SMILES string of the molecule is C[C@@H](NC(=O)[C@@H]1CCCO1)c1ccc(OC(F)(F)F)cc1. The minimum atomic E-state index is -4.71. The molecular weight excluding hydrogens is 287 g/mol. The third kappa shape index (κ3) is 4.63. The predicted octanol–water partition coefficient (Wildman–Crippen LogP) is 2.94. The quantitative estimate of drug-likeness (QED) is 0.930. The van der Waals surface area contributed by atoms with Crippen LogP contribution in [0.3, 0.4) is 0 Å². The summed E-state index contributed by atoms with van der Waals surface area (Å²) in [4.78, 5) is 11.9. The van der Waals surface area contributed by atoms with Crippen molar-refractivity contribution >= 4 is 5.91 Å². The molecule has 2 rings (SSSR count). The molecule has 2 atom stereocenters. The number of carbonyl (C=O) groups excluding carboxylic acids is 1. The number of nitrogens with one attached hydrogen (secondary N) is 1. The van der Waals surface area contributed by atoms with Crippen LogP contribution in [0.15, 0.2) is 24.3 Å². The molecule has 0 radical (unpaired) electrons. The average molecular weight is 303 g/mol. The molecule has 7 heteroatoms. The lowest BCUT2D eigenvalue weighted by atomic mass is 10.1. The molecule has 1 aromatic rings. The molecule has 1 saturated heterocycles. The summed E-state index contributed by atoms with van der Waals surface area (Å²) in [6.45, 7) is 2.34. The van der Waals surface area contributed by atoms with Crippen LogP contribution in [0.1, 0.15) is 31.4 Å². The summed E-state index contributed by atoms with van der Waals surface area (Å²) in [6.07, 6.45) is -3.59. The molecule has 116 valence electrons. The van der Waals surface area contributed by atoms with E-state index < -0.39 is 12.5 Å². The van der Waals surface area contributed by atoms with E-state index in [0.29, 0.717) is 18.6 Å². The number of hydrogen-bond acceptors (Lipinski definition) is 3. The molecule has 1 aromatic carbocycles. The Hall–Kier alpha value is -1.76.